The van der Waals surface area contributed by atoms with E-state index < -0.39 is 0 Å². The van der Waals surface area contributed by atoms with Crippen LogP contribution in [0, 0.1) is 12.7 Å². The van der Waals surface area contributed by atoms with Crippen LogP contribution in [-0.4, -0.2) is 5.78 Å². The third kappa shape index (κ3) is 1.88. The molecule has 0 saturated carbocycles. The van der Waals surface area contributed by atoms with Crippen LogP contribution in [0.1, 0.15) is 21.5 Å². The van der Waals surface area contributed by atoms with Gasteiger partial charge in [-0.3, -0.25) is 4.79 Å². The van der Waals surface area contributed by atoms with E-state index in [-0.39, 0.29) is 11.6 Å². The summed E-state index contributed by atoms with van der Waals surface area (Å²) in [6.07, 6.45) is 0. The third-order valence-electron chi connectivity index (χ3n) is 2.34. The van der Waals surface area contributed by atoms with E-state index in [2.05, 4.69) is 15.9 Å². The van der Waals surface area contributed by atoms with Crippen molar-refractivity contribution in [2.45, 2.75) is 12.7 Å². The standard InChI is InChI=1S/C11H8BrFOS/c1-6-2-8-7(3-9(6)13)5-15-10(4-12)11(8)14/h2-4H,5H2,1H3/b10-4+. The van der Waals surface area contributed by atoms with E-state index >= 15 is 0 Å². The number of benzene rings is 1. The van der Waals surface area contributed by atoms with Crippen molar-refractivity contribution in [1.29, 1.82) is 0 Å². The van der Waals surface area contributed by atoms with Gasteiger partial charge >= 0.3 is 0 Å². The van der Waals surface area contributed by atoms with E-state index in [1.165, 1.54) is 17.8 Å². The Labute approximate surface area is 99.9 Å². The lowest BCUT2D eigenvalue weighted by Crippen LogP contribution is -2.11. The molecule has 0 aromatic heterocycles. The SMILES string of the molecule is Cc1cc2c(cc1F)CS/C(=C/Br)C2=O. The van der Waals surface area contributed by atoms with Crippen molar-refractivity contribution in [2.75, 3.05) is 0 Å². The molecular formula is C11H8BrFOS. The molecule has 1 aromatic rings. The topological polar surface area (TPSA) is 17.1 Å². The van der Waals surface area contributed by atoms with Crippen molar-refractivity contribution >= 4 is 33.5 Å². The highest BCUT2D eigenvalue weighted by atomic mass is 79.9. The number of rotatable bonds is 0. The van der Waals surface area contributed by atoms with Crippen molar-refractivity contribution in [2.24, 2.45) is 0 Å². The largest absolute Gasteiger partial charge is 0.288 e. The van der Waals surface area contributed by atoms with Gasteiger partial charge in [0.25, 0.3) is 0 Å². The molecule has 1 nitrogen and oxygen atoms in total. The lowest BCUT2D eigenvalue weighted by molar-refractivity contribution is 0.104. The number of fused-ring (bicyclic) bond motifs is 1. The van der Waals surface area contributed by atoms with Crippen molar-refractivity contribution in [3.8, 4) is 0 Å². The number of hydrogen-bond acceptors (Lipinski definition) is 2. The quantitative estimate of drug-likeness (QED) is 0.675. The van der Waals surface area contributed by atoms with Crippen molar-refractivity contribution in [1.82, 2.24) is 0 Å². The molecule has 78 valence electrons. The number of carbonyl (C=O) groups excluding carboxylic acids is 1. The van der Waals surface area contributed by atoms with E-state index in [0.717, 1.165) is 5.56 Å². The minimum Gasteiger partial charge on any atom is -0.288 e. The Balaban J connectivity index is 2.57. The monoisotopic (exact) mass is 286 g/mol. The maximum Gasteiger partial charge on any atom is 0.200 e. The van der Waals surface area contributed by atoms with Gasteiger partial charge in [-0.15, -0.1) is 11.8 Å². The molecule has 0 aliphatic carbocycles. The number of ketones is 1. The Kier molecular flexibility index (Phi) is 2.98. The Hall–Kier alpha value is -0.610. The lowest BCUT2D eigenvalue weighted by atomic mass is 10.0. The second-order valence-electron chi connectivity index (χ2n) is 3.35. The Morgan fingerprint density at radius 1 is 1.53 bits per heavy atom. The highest BCUT2D eigenvalue weighted by Crippen LogP contribution is 2.34. The molecule has 1 aromatic carbocycles. The van der Waals surface area contributed by atoms with Crippen molar-refractivity contribution in [3.63, 3.8) is 0 Å². The molecule has 0 spiro atoms. The summed E-state index contributed by atoms with van der Waals surface area (Å²) < 4.78 is 13.3. The fourth-order valence-electron chi connectivity index (χ4n) is 1.49. The molecule has 0 radical (unpaired) electrons. The van der Waals surface area contributed by atoms with Gasteiger partial charge in [0.1, 0.15) is 5.82 Å². The number of hydrogen-bond donors (Lipinski definition) is 0. The van der Waals surface area contributed by atoms with Gasteiger partial charge in [0.2, 0.25) is 0 Å². The first kappa shape index (κ1) is 10.9. The molecule has 2 rings (SSSR count). The molecule has 1 aliphatic heterocycles. The zero-order valence-corrected chi connectivity index (χ0v) is 10.4. The second-order valence-corrected chi connectivity index (χ2v) is 4.82. The van der Waals surface area contributed by atoms with Crippen molar-refractivity contribution < 1.29 is 9.18 Å². The molecule has 1 heterocycles. The smallest absolute Gasteiger partial charge is 0.200 e. The van der Waals surface area contributed by atoms with Crippen LogP contribution in [0.5, 0.6) is 0 Å². The Morgan fingerprint density at radius 2 is 2.27 bits per heavy atom. The van der Waals surface area contributed by atoms with E-state index in [1.807, 2.05) is 0 Å². The van der Waals surface area contributed by atoms with Gasteiger partial charge in [0.15, 0.2) is 5.78 Å². The zero-order chi connectivity index (χ0) is 11.0. The Bertz CT molecular complexity index is 468. The highest BCUT2D eigenvalue weighted by molar-refractivity contribution is 9.11. The number of carbonyl (C=O) groups is 1. The predicted molar refractivity (Wildman–Crippen MR) is 63.8 cm³/mol. The van der Waals surface area contributed by atoms with Crippen LogP contribution < -0.4 is 0 Å². The molecule has 0 amide bonds. The maximum absolute atomic E-state index is 13.3. The first-order valence-corrected chi connectivity index (χ1v) is 6.30. The first-order chi connectivity index (χ1) is 7.13. The third-order valence-corrected chi connectivity index (χ3v) is 4.17. The first-order valence-electron chi connectivity index (χ1n) is 4.40. The fourth-order valence-corrected chi connectivity index (χ4v) is 2.95. The fraction of sp³-hybridized carbons (Fsp3) is 0.182. The van der Waals surface area contributed by atoms with Crippen LogP contribution in [0.3, 0.4) is 0 Å². The molecular weight excluding hydrogens is 279 g/mol. The number of halogens is 2. The van der Waals surface area contributed by atoms with Gasteiger partial charge < -0.3 is 0 Å². The molecule has 0 bridgehead atoms. The summed E-state index contributed by atoms with van der Waals surface area (Å²) in [5, 5.41) is 0. The number of allylic oxidation sites excluding steroid dienone is 1. The zero-order valence-electron chi connectivity index (χ0n) is 8.01. The number of Topliss-reactive ketones (excluding diaryl/α,β-unsaturated/α-hetero) is 1. The molecule has 1 aliphatic rings. The van der Waals surface area contributed by atoms with Gasteiger partial charge in [-0.05, 0) is 35.2 Å². The number of aryl methyl sites for hydroxylation is 1. The molecule has 15 heavy (non-hydrogen) atoms. The lowest BCUT2D eigenvalue weighted by Gasteiger charge is -2.17. The van der Waals surface area contributed by atoms with E-state index in [9.17, 15) is 9.18 Å². The summed E-state index contributed by atoms with van der Waals surface area (Å²) in [5.74, 6) is 0.380. The molecule has 4 heteroatoms. The minimum absolute atomic E-state index is 0.0266. The summed E-state index contributed by atoms with van der Waals surface area (Å²) in [6.45, 7) is 1.67. The molecule has 0 fully saturated rings. The van der Waals surface area contributed by atoms with Gasteiger partial charge in [-0.1, -0.05) is 15.9 Å². The Morgan fingerprint density at radius 3 is 2.93 bits per heavy atom. The van der Waals surface area contributed by atoms with E-state index in [0.29, 0.717) is 21.8 Å². The maximum atomic E-state index is 13.3. The normalized spacial score (nSPS) is 18.1. The van der Waals surface area contributed by atoms with Crippen LogP contribution in [-0.2, 0) is 5.75 Å². The van der Waals surface area contributed by atoms with E-state index in [1.54, 1.807) is 18.0 Å². The minimum atomic E-state index is -0.242. The summed E-state index contributed by atoms with van der Waals surface area (Å²) in [7, 11) is 0. The molecule has 0 unspecified atom stereocenters. The van der Waals surface area contributed by atoms with Crippen LogP contribution in [0.25, 0.3) is 0 Å². The van der Waals surface area contributed by atoms with Crippen molar-refractivity contribution in [3.05, 3.63) is 44.5 Å². The average molecular weight is 287 g/mol. The predicted octanol–water partition coefficient (Wildman–Crippen LogP) is 3.80. The summed E-state index contributed by atoms with van der Waals surface area (Å²) >= 11 is 4.58. The van der Waals surface area contributed by atoms with Gasteiger partial charge in [0, 0.05) is 11.3 Å². The average Bonchev–Trinajstić information content (AvgIpc) is 2.22. The van der Waals surface area contributed by atoms with Crippen LogP contribution in [0.4, 0.5) is 4.39 Å². The van der Waals surface area contributed by atoms with Crippen LogP contribution in [0.15, 0.2) is 22.0 Å². The summed E-state index contributed by atoms with van der Waals surface area (Å²) in [5.41, 5.74) is 1.92. The van der Waals surface area contributed by atoms with Gasteiger partial charge in [-0.2, -0.15) is 0 Å². The van der Waals surface area contributed by atoms with Crippen LogP contribution >= 0.6 is 27.7 Å². The van der Waals surface area contributed by atoms with Gasteiger partial charge in [0.05, 0.1) is 4.91 Å². The molecule has 0 saturated heterocycles. The summed E-state index contributed by atoms with van der Waals surface area (Å²) in [4.78, 5) is 14.2. The van der Waals surface area contributed by atoms with Gasteiger partial charge in [-0.25, -0.2) is 4.39 Å². The highest BCUT2D eigenvalue weighted by Gasteiger charge is 2.23. The molecule has 0 atom stereocenters. The summed E-state index contributed by atoms with van der Waals surface area (Å²) in [6, 6.07) is 3.09. The van der Waals surface area contributed by atoms with Crippen LogP contribution in [0.2, 0.25) is 0 Å². The number of thioether (sulfide) groups is 1. The second kappa shape index (κ2) is 4.10. The van der Waals surface area contributed by atoms with E-state index in [4.69, 9.17) is 0 Å². The molecule has 0 N–H and O–H groups in total.